The van der Waals surface area contributed by atoms with Crippen LogP contribution < -0.4 is 0 Å². The molecule has 6 heteroatoms. The number of nitrogens with zero attached hydrogens (tertiary/aromatic N) is 1. The highest BCUT2D eigenvalue weighted by Gasteiger charge is 2.39. The lowest BCUT2D eigenvalue weighted by Gasteiger charge is -2.23. The lowest BCUT2D eigenvalue weighted by Crippen LogP contribution is -2.21. The number of benzene rings is 1. The van der Waals surface area contributed by atoms with Crippen LogP contribution in [0.3, 0.4) is 0 Å². The highest BCUT2D eigenvalue weighted by molar-refractivity contribution is 6.45. The average Bonchev–Trinajstić information content (AvgIpc) is 3.25. The molecular formula is C25H21NO5. The first-order valence-corrected chi connectivity index (χ1v) is 10.4. The number of ether oxygens (including phenoxy) is 2. The van der Waals surface area contributed by atoms with Crippen LogP contribution in [0.2, 0.25) is 0 Å². The Morgan fingerprint density at radius 1 is 1.06 bits per heavy atom. The Kier molecular flexibility index (Phi) is 4.70. The van der Waals surface area contributed by atoms with Gasteiger partial charge < -0.3 is 13.9 Å². The molecule has 0 fully saturated rings. The van der Waals surface area contributed by atoms with Crippen molar-refractivity contribution >= 4 is 34.6 Å². The van der Waals surface area contributed by atoms with E-state index >= 15 is 0 Å². The van der Waals surface area contributed by atoms with Crippen molar-refractivity contribution in [2.75, 3.05) is 6.61 Å². The number of fused-ring (bicyclic) bond motifs is 3. The number of aryl methyl sites for hydroxylation is 1. The van der Waals surface area contributed by atoms with Crippen LogP contribution >= 0.6 is 0 Å². The van der Waals surface area contributed by atoms with E-state index in [1.165, 1.54) is 6.92 Å². The van der Waals surface area contributed by atoms with Gasteiger partial charge in [-0.2, -0.15) is 0 Å². The quantitative estimate of drug-likeness (QED) is 0.481. The van der Waals surface area contributed by atoms with Gasteiger partial charge in [-0.15, -0.1) is 0 Å². The first kappa shape index (κ1) is 19.3. The molecule has 6 nitrogen and oxygen atoms in total. The van der Waals surface area contributed by atoms with Gasteiger partial charge in [-0.1, -0.05) is 36.4 Å². The van der Waals surface area contributed by atoms with Crippen LogP contribution in [0.4, 0.5) is 0 Å². The van der Waals surface area contributed by atoms with Crippen LogP contribution in [0, 0.1) is 5.92 Å². The van der Waals surface area contributed by atoms with E-state index in [1.54, 1.807) is 0 Å². The van der Waals surface area contributed by atoms with Gasteiger partial charge in [-0.05, 0) is 48.4 Å². The predicted molar refractivity (Wildman–Crippen MR) is 114 cm³/mol. The molecule has 0 N–H and O–H groups in total. The molecule has 2 aromatic heterocycles. The minimum absolute atomic E-state index is 0.154. The van der Waals surface area contributed by atoms with Gasteiger partial charge in [0.25, 0.3) is 0 Å². The summed E-state index contributed by atoms with van der Waals surface area (Å²) in [6, 6.07) is 15.0. The second-order valence-corrected chi connectivity index (χ2v) is 7.96. The summed E-state index contributed by atoms with van der Waals surface area (Å²) >= 11 is 0. The number of carbonyl (C=O) groups is 3. The number of hydrogen-bond donors (Lipinski definition) is 0. The third-order valence-corrected chi connectivity index (χ3v) is 6.02. The number of rotatable bonds is 4. The van der Waals surface area contributed by atoms with E-state index in [2.05, 4.69) is 4.40 Å². The fourth-order valence-corrected chi connectivity index (χ4v) is 4.69. The van der Waals surface area contributed by atoms with Crippen molar-refractivity contribution in [2.45, 2.75) is 26.2 Å². The van der Waals surface area contributed by atoms with Crippen LogP contribution in [-0.4, -0.2) is 28.9 Å². The highest BCUT2D eigenvalue weighted by Crippen LogP contribution is 2.42. The summed E-state index contributed by atoms with van der Waals surface area (Å²) in [6.45, 7) is 1.75. The smallest absolute Gasteiger partial charge is 0.347 e. The second kappa shape index (κ2) is 7.54. The molecule has 0 saturated carbocycles. The molecule has 1 atom stereocenters. The lowest BCUT2D eigenvalue weighted by molar-refractivity contribution is -0.149. The highest BCUT2D eigenvalue weighted by atomic mass is 16.6. The van der Waals surface area contributed by atoms with Crippen molar-refractivity contribution in [1.29, 1.82) is 0 Å². The minimum atomic E-state index is -0.623. The van der Waals surface area contributed by atoms with E-state index in [1.807, 2.05) is 54.7 Å². The third-order valence-electron chi connectivity index (χ3n) is 6.02. The van der Waals surface area contributed by atoms with Gasteiger partial charge in [0.05, 0.1) is 23.3 Å². The van der Waals surface area contributed by atoms with Crippen LogP contribution in [0.5, 0.6) is 0 Å². The molecular weight excluding hydrogens is 394 g/mol. The van der Waals surface area contributed by atoms with Gasteiger partial charge in [0.2, 0.25) is 0 Å². The maximum atomic E-state index is 12.9. The van der Waals surface area contributed by atoms with Crippen molar-refractivity contribution in [1.82, 2.24) is 4.40 Å². The largest absolute Gasteiger partial charge is 0.466 e. The Hall–Kier alpha value is -3.67. The van der Waals surface area contributed by atoms with Crippen molar-refractivity contribution in [2.24, 2.45) is 5.92 Å². The number of esters is 3. The molecule has 5 rings (SSSR count). The molecule has 3 heterocycles. The zero-order valence-corrected chi connectivity index (χ0v) is 17.1. The number of hydrogen-bond acceptors (Lipinski definition) is 5. The molecule has 1 aliphatic heterocycles. The zero-order chi connectivity index (χ0) is 21.5. The van der Waals surface area contributed by atoms with Crippen molar-refractivity contribution in [3.8, 4) is 0 Å². The Labute approximate surface area is 179 Å². The van der Waals surface area contributed by atoms with Gasteiger partial charge in [-0.25, -0.2) is 9.59 Å². The maximum Gasteiger partial charge on any atom is 0.347 e. The molecule has 31 heavy (non-hydrogen) atoms. The van der Waals surface area contributed by atoms with Crippen molar-refractivity contribution in [3.63, 3.8) is 0 Å². The normalized spacial score (nSPS) is 18.3. The maximum absolute atomic E-state index is 12.9. The summed E-state index contributed by atoms with van der Waals surface area (Å²) in [5, 5.41) is 0. The van der Waals surface area contributed by atoms with Gasteiger partial charge in [0, 0.05) is 24.4 Å². The molecule has 0 bridgehead atoms. The number of carbonyl (C=O) groups excluding carboxylic acids is 3. The van der Waals surface area contributed by atoms with E-state index in [0.717, 1.165) is 35.2 Å². The average molecular weight is 415 g/mol. The van der Waals surface area contributed by atoms with Gasteiger partial charge in [-0.3, -0.25) is 4.79 Å². The molecule has 0 saturated heterocycles. The topological polar surface area (TPSA) is 74.1 Å². The Balaban J connectivity index is 1.72. The Morgan fingerprint density at radius 2 is 1.81 bits per heavy atom. The summed E-state index contributed by atoms with van der Waals surface area (Å²) in [7, 11) is 0. The van der Waals surface area contributed by atoms with Gasteiger partial charge in [0.15, 0.2) is 0 Å². The van der Waals surface area contributed by atoms with E-state index in [4.69, 9.17) is 9.47 Å². The molecule has 2 aliphatic rings. The van der Waals surface area contributed by atoms with E-state index < -0.39 is 11.9 Å². The summed E-state index contributed by atoms with van der Waals surface area (Å²) in [5.74, 6) is -1.39. The fraction of sp³-hybridized carbons (Fsp3) is 0.240. The first-order chi connectivity index (χ1) is 15.0. The zero-order valence-electron chi connectivity index (χ0n) is 17.1. The Bertz CT molecular complexity index is 1250. The van der Waals surface area contributed by atoms with Gasteiger partial charge in [0.1, 0.15) is 0 Å². The number of pyridine rings is 1. The second-order valence-electron chi connectivity index (χ2n) is 7.96. The minimum Gasteiger partial charge on any atom is -0.466 e. The standard InChI is InChI=1S/C25H21NO5/c1-15(27)30-14-16-10-11-19-18(13-16)22(20-9-5-6-12-26(19)20)23-21(24(28)31-25(23)29)17-7-3-2-4-8-17/h2-9,12,16H,10-11,13-14H2,1H3. The van der Waals surface area contributed by atoms with E-state index in [9.17, 15) is 14.4 Å². The molecule has 1 unspecified atom stereocenters. The summed E-state index contributed by atoms with van der Waals surface area (Å²) < 4.78 is 12.4. The van der Waals surface area contributed by atoms with Crippen LogP contribution in [0.15, 0.2) is 54.7 Å². The summed E-state index contributed by atoms with van der Waals surface area (Å²) in [5.41, 5.74) is 5.03. The van der Waals surface area contributed by atoms with E-state index in [0.29, 0.717) is 29.7 Å². The molecule has 0 radical (unpaired) electrons. The molecule has 1 aromatic carbocycles. The number of aromatic nitrogens is 1. The molecule has 0 amide bonds. The summed E-state index contributed by atoms with van der Waals surface area (Å²) in [6.07, 6.45) is 4.32. The molecule has 3 aromatic rings. The van der Waals surface area contributed by atoms with Crippen LogP contribution in [0.1, 0.15) is 35.7 Å². The number of cyclic esters (lactones) is 2. The Morgan fingerprint density at radius 3 is 2.58 bits per heavy atom. The van der Waals surface area contributed by atoms with Gasteiger partial charge >= 0.3 is 17.9 Å². The van der Waals surface area contributed by atoms with E-state index in [-0.39, 0.29) is 11.9 Å². The third kappa shape index (κ3) is 3.24. The monoisotopic (exact) mass is 415 g/mol. The van der Waals surface area contributed by atoms with Crippen molar-refractivity contribution in [3.05, 3.63) is 77.1 Å². The molecule has 156 valence electrons. The molecule has 0 spiro atoms. The lowest BCUT2D eigenvalue weighted by atomic mass is 9.83. The van der Waals surface area contributed by atoms with Crippen LogP contribution in [-0.2, 0) is 36.7 Å². The summed E-state index contributed by atoms with van der Waals surface area (Å²) in [4.78, 5) is 36.9. The fourth-order valence-electron chi connectivity index (χ4n) is 4.69. The van der Waals surface area contributed by atoms with Crippen molar-refractivity contribution < 1.29 is 23.9 Å². The SMILES string of the molecule is CC(=O)OCC1CCc2c(c(C3=C(c4ccccc4)C(=O)OC3=O)c3ccccn23)C1. The van der Waals surface area contributed by atoms with Crippen LogP contribution in [0.25, 0.3) is 16.7 Å². The first-order valence-electron chi connectivity index (χ1n) is 10.4. The molecule has 1 aliphatic carbocycles. The predicted octanol–water partition coefficient (Wildman–Crippen LogP) is 3.60.